The number of hydrogen-bond donors (Lipinski definition) is 2. The first-order valence-corrected chi connectivity index (χ1v) is 10.2. The van der Waals surface area contributed by atoms with Gasteiger partial charge in [-0.15, -0.1) is 0 Å². The SMILES string of the molecule is CCNC(=NCC(c1ccc(OC)cc1)N(C)C)NCCN1CCCCC1. The lowest BCUT2D eigenvalue weighted by molar-refractivity contribution is 0.232. The predicted molar refractivity (Wildman–Crippen MR) is 114 cm³/mol. The maximum absolute atomic E-state index is 5.27. The molecule has 1 fully saturated rings. The average Bonchev–Trinajstić information content (AvgIpc) is 2.69. The number of benzene rings is 1. The van der Waals surface area contributed by atoms with Gasteiger partial charge in [0.1, 0.15) is 5.75 Å². The Balaban J connectivity index is 1.92. The number of likely N-dealkylation sites (N-methyl/N-ethyl adjacent to an activating group) is 1. The van der Waals surface area contributed by atoms with Gasteiger partial charge in [-0.2, -0.15) is 0 Å². The lowest BCUT2D eigenvalue weighted by atomic mass is 10.1. The summed E-state index contributed by atoms with van der Waals surface area (Å²) >= 11 is 0. The number of methoxy groups -OCH3 is 1. The maximum Gasteiger partial charge on any atom is 0.191 e. The molecule has 0 spiro atoms. The molecule has 2 N–H and O–H groups in total. The Morgan fingerprint density at radius 2 is 1.85 bits per heavy atom. The van der Waals surface area contributed by atoms with Gasteiger partial charge in [0.25, 0.3) is 0 Å². The fraction of sp³-hybridized carbons (Fsp3) is 0.667. The molecule has 2 rings (SSSR count). The van der Waals surface area contributed by atoms with Crippen LogP contribution in [0.15, 0.2) is 29.3 Å². The minimum Gasteiger partial charge on any atom is -0.497 e. The molecular weight excluding hydrogens is 338 g/mol. The van der Waals surface area contributed by atoms with Crippen LogP contribution in [0.3, 0.4) is 0 Å². The van der Waals surface area contributed by atoms with Crippen molar-refractivity contribution < 1.29 is 4.74 Å². The standard InChI is InChI=1S/C21H37N5O/c1-5-22-21(23-13-16-26-14-7-6-8-15-26)24-17-20(25(2)3)18-9-11-19(27-4)12-10-18/h9-12,20H,5-8,13-17H2,1-4H3,(H2,22,23,24). The Bertz CT molecular complexity index is 552. The second-order valence-corrected chi connectivity index (χ2v) is 7.30. The monoisotopic (exact) mass is 375 g/mol. The Labute approximate surface area is 165 Å². The van der Waals surface area contributed by atoms with Crippen LogP contribution in [0.25, 0.3) is 0 Å². The molecule has 0 aromatic heterocycles. The molecule has 6 heteroatoms. The molecule has 1 atom stereocenters. The third-order valence-electron chi connectivity index (χ3n) is 5.06. The maximum atomic E-state index is 5.27. The first-order chi connectivity index (χ1) is 13.1. The van der Waals surface area contributed by atoms with Crippen molar-refractivity contribution in [3.63, 3.8) is 0 Å². The van der Waals surface area contributed by atoms with Gasteiger partial charge in [0.05, 0.1) is 19.7 Å². The molecule has 6 nitrogen and oxygen atoms in total. The van der Waals surface area contributed by atoms with Gasteiger partial charge < -0.3 is 25.2 Å². The third kappa shape index (κ3) is 7.39. The van der Waals surface area contributed by atoms with E-state index in [0.29, 0.717) is 6.54 Å². The van der Waals surface area contributed by atoms with E-state index in [1.54, 1.807) is 7.11 Å². The Kier molecular flexibility index (Phi) is 9.42. The highest BCUT2D eigenvalue weighted by molar-refractivity contribution is 5.79. The van der Waals surface area contributed by atoms with Gasteiger partial charge in [-0.3, -0.25) is 4.99 Å². The molecule has 1 saturated heterocycles. The molecule has 1 unspecified atom stereocenters. The number of hydrogen-bond acceptors (Lipinski definition) is 4. The lowest BCUT2D eigenvalue weighted by Crippen LogP contribution is -2.43. The van der Waals surface area contributed by atoms with Gasteiger partial charge >= 0.3 is 0 Å². The fourth-order valence-electron chi connectivity index (χ4n) is 3.43. The van der Waals surface area contributed by atoms with E-state index in [2.05, 4.69) is 53.6 Å². The van der Waals surface area contributed by atoms with Gasteiger partial charge in [0.2, 0.25) is 0 Å². The predicted octanol–water partition coefficient (Wildman–Crippen LogP) is 2.34. The summed E-state index contributed by atoms with van der Waals surface area (Å²) in [6.45, 7) is 8.16. The topological polar surface area (TPSA) is 52.1 Å². The lowest BCUT2D eigenvalue weighted by Gasteiger charge is -2.27. The summed E-state index contributed by atoms with van der Waals surface area (Å²) in [7, 11) is 5.89. The Hall–Kier alpha value is -1.79. The van der Waals surface area contributed by atoms with E-state index in [-0.39, 0.29) is 6.04 Å². The number of aliphatic imine (C=N–C) groups is 1. The number of ether oxygens (including phenoxy) is 1. The molecule has 1 aromatic rings. The van der Waals surface area contributed by atoms with Crippen molar-refractivity contribution >= 4 is 5.96 Å². The molecule has 0 radical (unpaired) electrons. The van der Waals surface area contributed by atoms with Crippen molar-refractivity contribution in [2.24, 2.45) is 4.99 Å². The zero-order valence-corrected chi connectivity index (χ0v) is 17.5. The number of guanidine groups is 1. The van der Waals surface area contributed by atoms with E-state index in [1.165, 1.54) is 37.9 Å². The minimum atomic E-state index is 0.230. The van der Waals surface area contributed by atoms with E-state index in [9.17, 15) is 0 Å². The molecule has 1 aromatic carbocycles. The van der Waals surface area contributed by atoms with Crippen molar-refractivity contribution in [2.75, 3.05) is 60.5 Å². The highest BCUT2D eigenvalue weighted by Crippen LogP contribution is 2.21. The zero-order valence-electron chi connectivity index (χ0n) is 17.5. The van der Waals surface area contributed by atoms with Crippen LogP contribution in [0.5, 0.6) is 5.75 Å². The Morgan fingerprint density at radius 3 is 2.44 bits per heavy atom. The molecular formula is C21H37N5O. The number of piperidine rings is 1. The van der Waals surface area contributed by atoms with E-state index in [0.717, 1.165) is 31.3 Å². The molecule has 0 aliphatic carbocycles. The molecule has 0 bridgehead atoms. The van der Waals surface area contributed by atoms with Crippen LogP contribution in [-0.2, 0) is 0 Å². The summed E-state index contributed by atoms with van der Waals surface area (Å²) in [5.41, 5.74) is 1.24. The van der Waals surface area contributed by atoms with E-state index in [1.807, 2.05) is 12.1 Å². The first kappa shape index (κ1) is 21.5. The summed E-state index contributed by atoms with van der Waals surface area (Å²) in [6.07, 6.45) is 4.05. The van der Waals surface area contributed by atoms with Gasteiger partial charge in [-0.05, 0) is 64.6 Å². The highest BCUT2D eigenvalue weighted by Gasteiger charge is 2.14. The molecule has 152 valence electrons. The largest absolute Gasteiger partial charge is 0.497 e. The van der Waals surface area contributed by atoms with Crippen molar-refractivity contribution in [3.8, 4) is 5.75 Å². The molecule has 1 aliphatic heterocycles. The number of rotatable bonds is 9. The number of nitrogens with one attached hydrogen (secondary N) is 2. The molecule has 0 amide bonds. The van der Waals surface area contributed by atoms with Crippen molar-refractivity contribution in [1.82, 2.24) is 20.4 Å². The van der Waals surface area contributed by atoms with E-state index < -0.39 is 0 Å². The number of nitrogens with zero attached hydrogens (tertiary/aromatic N) is 3. The second kappa shape index (κ2) is 11.8. The van der Waals surface area contributed by atoms with Crippen molar-refractivity contribution in [2.45, 2.75) is 32.2 Å². The highest BCUT2D eigenvalue weighted by atomic mass is 16.5. The second-order valence-electron chi connectivity index (χ2n) is 7.30. The van der Waals surface area contributed by atoms with Crippen LogP contribution in [0.4, 0.5) is 0 Å². The van der Waals surface area contributed by atoms with Crippen molar-refractivity contribution in [3.05, 3.63) is 29.8 Å². The van der Waals surface area contributed by atoms with Crippen molar-refractivity contribution in [1.29, 1.82) is 0 Å². The van der Waals surface area contributed by atoms with Gasteiger partial charge in [0, 0.05) is 19.6 Å². The van der Waals surface area contributed by atoms with E-state index in [4.69, 9.17) is 9.73 Å². The van der Waals surface area contributed by atoms with Crippen LogP contribution in [-0.4, -0.2) is 76.2 Å². The molecule has 0 saturated carbocycles. The minimum absolute atomic E-state index is 0.230. The smallest absolute Gasteiger partial charge is 0.191 e. The van der Waals surface area contributed by atoms with E-state index >= 15 is 0 Å². The first-order valence-electron chi connectivity index (χ1n) is 10.2. The normalized spacial score (nSPS) is 17.0. The zero-order chi connectivity index (χ0) is 19.5. The van der Waals surface area contributed by atoms with Gasteiger partial charge in [-0.1, -0.05) is 18.6 Å². The van der Waals surface area contributed by atoms with Crippen LogP contribution in [0.1, 0.15) is 37.8 Å². The summed E-state index contributed by atoms with van der Waals surface area (Å²) in [6, 6.07) is 8.49. The van der Waals surface area contributed by atoms with Gasteiger partial charge in [-0.25, -0.2) is 0 Å². The molecule has 1 aliphatic rings. The van der Waals surface area contributed by atoms with Crippen LogP contribution in [0.2, 0.25) is 0 Å². The molecule has 1 heterocycles. The number of likely N-dealkylation sites (tertiary alicyclic amines) is 1. The summed E-state index contributed by atoms with van der Waals surface area (Å²) in [5, 5.41) is 6.86. The van der Waals surface area contributed by atoms with Crippen LogP contribution < -0.4 is 15.4 Å². The summed E-state index contributed by atoms with van der Waals surface area (Å²) in [4.78, 5) is 9.59. The average molecular weight is 376 g/mol. The summed E-state index contributed by atoms with van der Waals surface area (Å²) < 4.78 is 5.27. The van der Waals surface area contributed by atoms with Crippen LogP contribution in [0, 0.1) is 0 Å². The fourth-order valence-corrected chi connectivity index (χ4v) is 3.43. The van der Waals surface area contributed by atoms with Crippen LogP contribution >= 0.6 is 0 Å². The van der Waals surface area contributed by atoms with Gasteiger partial charge in [0.15, 0.2) is 5.96 Å². The molecule has 27 heavy (non-hydrogen) atoms. The summed E-state index contributed by atoms with van der Waals surface area (Å²) in [5.74, 6) is 1.78. The third-order valence-corrected chi connectivity index (χ3v) is 5.06. The quantitative estimate of drug-likeness (QED) is 0.513. The Morgan fingerprint density at radius 1 is 1.15 bits per heavy atom.